The van der Waals surface area contributed by atoms with Crippen molar-refractivity contribution in [3.8, 4) is 16.9 Å². The van der Waals surface area contributed by atoms with E-state index in [1.807, 2.05) is 6.20 Å². The third-order valence-corrected chi connectivity index (χ3v) is 13.1. The molecule has 7 aromatic carbocycles. The third kappa shape index (κ3) is 6.56. The molecule has 2 aromatic heterocycles. The summed E-state index contributed by atoms with van der Waals surface area (Å²) >= 11 is 0. The molecule has 0 amide bonds. The van der Waals surface area contributed by atoms with E-state index in [1.54, 1.807) is 0 Å². The summed E-state index contributed by atoms with van der Waals surface area (Å²) in [6.07, 6.45) is 1.95. The van der Waals surface area contributed by atoms with Gasteiger partial charge in [0.15, 0.2) is 0 Å². The van der Waals surface area contributed by atoms with Crippen LogP contribution in [-0.2, 0) is 43.9 Å². The molecule has 0 saturated carbocycles. The minimum atomic E-state index is -0.748. The minimum Gasteiger partial charge on any atom is -0.498 e. The van der Waals surface area contributed by atoms with Gasteiger partial charge in [-0.2, -0.15) is 42.6 Å². The first-order valence-electron chi connectivity index (χ1n) is 21.7. The number of anilines is 3. The minimum absolute atomic E-state index is 0. The van der Waals surface area contributed by atoms with Crippen LogP contribution in [0.5, 0.6) is 0 Å². The van der Waals surface area contributed by atoms with Crippen LogP contribution >= 0.6 is 0 Å². The predicted molar refractivity (Wildman–Crippen MR) is 256 cm³/mol. The summed E-state index contributed by atoms with van der Waals surface area (Å²) in [6, 6.07) is 68.2. The molecule has 2 aliphatic rings. The zero-order valence-electron chi connectivity index (χ0n) is 36.6. The van der Waals surface area contributed by atoms with Gasteiger partial charge in [-0.15, -0.1) is 28.3 Å². The van der Waals surface area contributed by atoms with E-state index < -0.39 is 5.41 Å². The van der Waals surface area contributed by atoms with E-state index in [-0.39, 0.29) is 31.9 Å². The van der Waals surface area contributed by atoms with E-state index >= 15 is 0 Å². The van der Waals surface area contributed by atoms with Gasteiger partial charge in [-0.1, -0.05) is 156 Å². The molecule has 63 heavy (non-hydrogen) atoms. The first kappa shape index (κ1) is 40.8. The van der Waals surface area contributed by atoms with Crippen molar-refractivity contribution in [2.75, 3.05) is 9.80 Å². The van der Waals surface area contributed by atoms with Crippen LogP contribution in [0.25, 0.3) is 38.8 Å². The smallest absolute Gasteiger partial charge is 0.135 e. The monoisotopic (exact) mass is 996 g/mol. The van der Waals surface area contributed by atoms with Crippen LogP contribution in [0.2, 0.25) is 0 Å². The molecule has 0 atom stereocenters. The van der Waals surface area contributed by atoms with Crippen molar-refractivity contribution in [2.24, 2.45) is 0 Å². The molecule has 1 aliphatic carbocycles. The SMILES string of the molecule is CC(C)(C)c1cc(N2[CH-]N(Cc3ccccc3)c3ccccc32)[c-]c(C2(c3[c-]c4c(cc3)c3ccccc3n4-c3cc(C(C)(C)C)ccn3)c3ccccc3-c3ccccc32)c1.[Pt]. The fraction of sp³-hybridized carbons (Fsp3) is 0.172. The number of para-hydroxylation sites is 3. The van der Waals surface area contributed by atoms with Crippen LogP contribution in [0.3, 0.4) is 0 Å². The van der Waals surface area contributed by atoms with Gasteiger partial charge in [-0.05, 0) is 79.9 Å². The van der Waals surface area contributed by atoms with E-state index in [0.29, 0.717) is 0 Å². The zero-order valence-corrected chi connectivity index (χ0v) is 38.8. The van der Waals surface area contributed by atoms with Crippen LogP contribution in [-0.4, -0.2) is 9.55 Å². The fourth-order valence-corrected chi connectivity index (χ4v) is 9.91. The largest absolute Gasteiger partial charge is 0.498 e. The Morgan fingerprint density at radius 3 is 1.92 bits per heavy atom. The van der Waals surface area contributed by atoms with Crippen molar-refractivity contribution in [1.29, 1.82) is 0 Å². The van der Waals surface area contributed by atoms with E-state index in [4.69, 9.17) is 4.98 Å². The van der Waals surface area contributed by atoms with Crippen LogP contribution in [0.1, 0.15) is 80.5 Å². The summed E-state index contributed by atoms with van der Waals surface area (Å²) in [4.78, 5) is 9.74. The zero-order chi connectivity index (χ0) is 42.4. The first-order valence-corrected chi connectivity index (χ1v) is 21.7. The summed E-state index contributed by atoms with van der Waals surface area (Å²) in [5.74, 6) is 0.894. The summed E-state index contributed by atoms with van der Waals surface area (Å²) in [6.45, 7) is 16.8. The Morgan fingerprint density at radius 2 is 1.21 bits per heavy atom. The summed E-state index contributed by atoms with van der Waals surface area (Å²) in [7, 11) is 0. The van der Waals surface area contributed by atoms with Crippen molar-refractivity contribution >= 4 is 38.9 Å². The van der Waals surface area contributed by atoms with Gasteiger partial charge in [0.2, 0.25) is 0 Å². The average Bonchev–Trinajstić information content (AvgIpc) is 3.92. The Morgan fingerprint density at radius 1 is 0.571 bits per heavy atom. The van der Waals surface area contributed by atoms with Crippen molar-refractivity contribution in [1.82, 2.24) is 9.55 Å². The van der Waals surface area contributed by atoms with Crippen LogP contribution in [0.15, 0.2) is 170 Å². The molecule has 5 heteroatoms. The molecule has 0 radical (unpaired) electrons. The van der Waals surface area contributed by atoms with Crippen molar-refractivity contribution in [3.05, 3.63) is 228 Å². The number of nitrogens with zero attached hydrogens (tertiary/aromatic N) is 4. The van der Waals surface area contributed by atoms with Gasteiger partial charge < -0.3 is 14.4 Å². The van der Waals surface area contributed by atoms with E-state index in [2.05, 4.69) is 239 Å². The molecule has 0 bridgehead atoms. The molecular formula is C58H49N4Pt-3. The Balaban J connectivity index is 0.00000471. The van der Waals surface area contributed by atoms with Gasteiger partial charge in [0.05, 0.1) is 0 Å². The average molecular weight is 997 g/mol. The molecule has 3 heterocycles. The van der Waals surface area contributed by atoms with Crippen molar-refractivity contribution < 1.29 is 21.1 Å². The number of aromatic nitrogens is 2. The normalized spacial score (nSPS) is 14.1. The maximum absolute atomic E-state index is 5.04. The van der Waals surface area contributed by atoms with Crippen LogP contribution < -0.4 is 9.80 Å². The van der Waals surface area contributed by atoms with Crippen LogP contribution in [0, 0.1) is 18.8 Å². The molecule has 11 rings (SSSR count). The third-order valence-electron chi connectivity index (χ3n) is 13.1. The number of hydrogen-bond acceptors (Lipinski definition) is 3. The van der Waals surface area contributed by atoms with E-state index in [9.17, 15) is 0 Å². The van der Waals surface area contributed by atoms with Gasteiger partial charge >= 0.3 is 0 Å². The summed E-state index contributed by atoms with van der Waals surface area (Å²) in [5.41, 5.74) is 15.3. The van der Waals surface area contributed by atoms with Crippen molar-refractivity contribution in [2.45, 2.75) is 64.3 Å². The van der Waals surface area contributed by atoms with Gasteiger partial charge in [0.1, 0.15) is 5.82 Å². The first-order chi connectivity index (χ1) is 30.0. The Bertz CT molecular complexity index is 3140. The second-order valence-electron chi connectivity index (χ2n) is 19.0. The number of pyridine rings is 1. The second kappa shape index (κ2) is 15.2. The van der Waals surface area contributed by atoms with Crippen molar-refractivity contribution in [3.63, 3.8) is 0 Å². The molecule has 0 saturated heterocycles. The van der Waals surface area contributed by atoms with Gasteiger partial charge in [0.25, 0.3) is 0 Å². The maximum Gasteiger partial charge on any atom is 0.135 e. The molecule has 0 fully saturated rings. The number of rotatable bonds is 6. The fourth-order valence-electron chi connectivity index (χ4n) is 9.91. The number of fused-ring (bicyclic) bond motifs is 7. The quantitative estimate of drug-likeness (QED) is 0.155. The van der Waals surface area contributed by atoms with E-state index in [1.165, 1.54) is 50.0 Å². The summed E-state index contributed by atoms with van der Waals surface area (Å²) < 4.78 is 2.32. The standard InChI is InChI=1S/C58H49N4.Pt/c1-56(2,3)40-30-31-59-55(36-40)62-51-25-15-12-22-47(51)48-29-28-41(35-54(48)62)58(49-23-13-10-20-45(49)46-21-11-14-24-50(46)58)43-32-42(57(4,5)6)33-44(34-43)61-38-60(37-39-18-8-7-9-19-39)52-26-16-17-27-53(52)61;/h7-33,36,38H,37H2,1-6H3;/q-3;. The van der Waals surface area contributed by atoms with Crippen LogP contribution in [0.4, 0.5) is 17.1 Å². The van der Waals surface area contributed by atoms with E-state index in [0.717, 1.165) is 51.3 Å². The molecule has 0 spiro atoms. The Kier molecular flexibility index (Phi) is 9.88. The van der Waals surface area contributed by atoms with Gasteiger partial charge in [0, 0.05) is 56.1 Å². The predicted octanol–water partition coefficient (Wildman–Crippen LogP) is 14.0. The van der Waals surface area contributed by atoms with Gasteiger partial charge in [-0.25, -0.2) is 4.98 Å². The molecule has 9 aromatic rings. The van der Waals surface area contributed by atoms with Gasteiger partial charge in [-0.3, -0.25) is 0 Å². The molecule has 0 N–H and O–H groups in total. The molecule has 314 valence electrons. The molecule has 4 nitrogen and oxygen atoms in total. The Hall–Kier alpha value is -6.22. The Labute approximate surface area is 386 Å². The second-order valence-corrected chi connectivity index (χ2v) is 19.0. The summed E-state index contributed by atoms with van der Waals surface area (Å²) in [5, 5.41) is 2.33. The number of benzene rings is 7. The topological polar surface area (TPSA) is 24.3 Å². The number of hydrogen-bond donors (Lipinski definition) is 0. The molecular weight excluding hydrogens is 948 g/mol. The molecule has 1 aliphatic heterocycles. The maximum atomic E-state index is 5.04. The molecule has 0 unspecified atom stereocenters.